The molecule has 0 bridgehead atoms. The van der Waals surface area contributed by atoms with Crippen LogP contribution in [-0.2, 0) is 4.79 Å². The Morgan fingerprint density at radius 2 is 1.92 bits per heavy atom. The van der Waals surface area contributed by atoms with Crippen molar-refractivity contribution in [3.8, 4) is 0 Å². The molecule has 4 heteroatoms. The number of carboxylic acids is 1. The maximum absolute atomic E-state index is 9.32. The van der Waals surface area contributed by atoms with E-state index in [4.69, 9.17) is 5.11 Å². The molecule has 0 aliphatic heterocycles. The number of aliphatic carboxylic acids is 1. The SMILES string of the molecule is CCCCCCP.O=C(O)CBr. The van der Waals surface area contributed by atoms with Crippen molar-refractivity contribution in [2.45, 2.75) is 32.6 Å². The van der Waals surface area contributed by atoms with E-state index in [9.17, 15) is 4.79 Å². The van der Waals surface area contributed by atoms with Gasteiger partial charge in [-0.05, 0) is 12.6 Å². The largest absolute Gasteiger partial charge is 0.481 e. The van der Waals surface area contributed by atoms with Crippen LogP contribution < -0.4 is 0 Å². The van der Waals surface area contributed by atoms with Gasteiger partial charge in [0.25, 0.3) is 0 Å². The van der Waals surface area contributed by atoms with Gasteiger partial charge >= 0.3 is 5.97 Å². The molecule has 74 valence electrons. The first-order valence-electron chi connectivity index (χ1n) is 4.16. The molecule has 0 aliphatic rings. The van der Waals surface area contributed by atoms with Gasteiger partial charge in [-0.25, -0.2) is 0 Å². The van der Waals surface area contributed by atoms with E-state index in [-0.39, 0.29) is 5.33 Å². The lowest BCUT2D eigenvalue weighted by Crippen LogP contribution is -1.92. The highest BCUT2D eigenvalue weighted by atomic mass is 79.9. The molecule has 0 aromatic carbocycles. The van der Waals surface area contributed by atoms with Gasteiger partial charge in [-0.3, -0.25) is 4.79 Å². The van der Waals surface area contributed by atoms with Crippen LogP contribution in [0.1, 0.15) is 32.6 Å². The van der Waals surface area contributed by atoms with Crippen LogP contribution >= 0.6 is 25.2 Å². The minimum atomic E-state index is -0.829. The molecule has 0 aliphatic carbocycles. The summed E-state index contributed by atoms with van der Waals surface area (Å²) in [6, 6.07) is 0. The van der Waals surface area contributed by atoms with Gasteiger partial charge in [-0.2, -0.15) is 0 Å². The van der Waals surface area contributed by atoms with Crippen molar-refractivity contribution in [3.63, 3.8) is 0 Å². The third-order valence-corrected chi connectivity index (χ3v) is 2.06. The van der Waals surface area contributed by atoms with E-state index in [0.717, 1.165) is 0 Å². The zero-order valence-corrected chi connectivity index (χ0v) is 10.3. The van der Waals surface area contributed by atoms with Crippen LogP contribution in [0.4, 0.5) is 0 Å². The summed E-state index contributed by atoms with van der Waals surface area (Å²) in [7, 11) is 2.75. The second-order valence-electron chi connectivity index (χ2n) is 2.38. The molecule has 0 saturated heterocycles. The van der Waals surface area contributed by atoms with Gasteiger partial charge in [0.1, 0.15) is 5.33 Å². The minimum absolute atomic E-state index is 0.0347. The molecule has 0 aromatic rings. The lowest BCUT2D eigenvalue weighted by molar-refractivity contribution is -0.133. The fourth-order valence-corrected chi connectivity index (χ4v) is 0.860. The average Bonchev–Trinajstić information content (AvgIpc) is 2.07. The van der Waals surface area contributed by atoms with Crippen LogP contribution in [0, 0.1) is 0 Å². The van der Waals surface area contributed by atoms with E-state index in [0.29, 0.717) is 0 Å². The Labute approximate surface area is 85.5 Å². The van der Waals surface area contributed by atoms with Crippen LogP contribution in [0.15, 0.2) is 0 Å². The highest BCUT2D eigenvalue weighted by molar-refractivity contribution is 9.09. The summed E-state index contributed by atoms with van der Waals surface area (Å²) >= 11 is 2.71. The van der Waals surface area contributed by atoms with Crippen molar-refractivity contribution in [3.05, 3.63) is 0 Å². The number of unbranched alkanes of at least 4 members (excludes halogenated alkanes) is 3. The molecular weight excluding hydrogens is 239 g/mol. The van der Waals surface area contributed by atoms with Crippen LogP contribution in [0.3, 0.4) is 0 Å². The van der Waals surface area contributed by atoms with Crippen LogP contribution in [0.5, 0.6) is 0 Å². The zero-order valence-electron chi connectivity index (χ0n) is 7.55. The summed E-state index contributed by atoms with van der Waals surface area (Å²) in [5.41, 5.74) is 0. The number of alkyl halides is 1. The van der Waals surface area contributed by atoms with Gasteiger partial charge < -0.3 is 5.11 Å². The zero-order chi connectivity index (χ0) is 9.82. The van der Waals surface area contributed by atoms with Crippen molar-refractivity contribution in [1.82, 2.24) is 0 Å². The molecule has 0 spiro atoms. The highest BCUT2D eigenvalue weighted by Gasteiger charge is 1.83. The molecular formula is C8H18BrO2P. The minimum Gasteiger partial charge on any atom is -0.481 e. The summed E-state index contributed by atoms with van der Waals surface area (Å²) in [6.07, 6.45) is 6.84. The molecule has 0 aromatic heterocycles. The third kappa shape index (κ3) is 22.4. The Bertz CT molecular complexity index is 95.1. The number of hydrogen-bond donors (Lipinski definition) is 1. The number of carboxylic acid groups (broad SMARTS) is 1. The van der Waals surface area contributed by atoms with Crippen LogP contribution in [0.2, 0.25) is 0 Å². The Morgan fingerprint density at radius 3 is 2.17 bits per heavy atom. The Hall–Kier alpha value is 0.380. The summed E-state index contributed by atoms with van der Waals surface area (Å²) in [4.78, 5) is 9.32. The van der Waals surface area contributed by atoms with Crippen molar-refractivity contribution < 1.29 is 9.90 Å². The predicted octanol–water partition coefficient (Wildman–Crippen LogP) is 2.91. The quantitative estimate of drug-likeness (QED) is 0.467. The molecule has 1 unspecified atom stereocenters. The van der Waals surface area contributed by atoms with Crippen LogP contribution in [-0.4, -0.2) is 22.6 Å². The smallest absolute Gasteiger partial charge is 0.314 e. The molecule has 0 rings (SSSR count). The summed E-state index contributed by atoms with van der Waals surface area (Å²) in [6.45, 7) is 2.24. The average molecular weight is 257 g/mol. The summed E-state index contributed by atoms with van der Waals surface area (Å²) in [5, 5.41) is 7.71. The first-order valence-corrected chi connectivity index (χ1v) is 6.10. The maximum atomic E-state index is 9.32. The second-order valence-corrected chi connectivity index (χ2v) is 3.51. The van der Waals surface area contributed by atoms with Gasteiger partial charge in [0.2, 0.25) is 0 Å². The monoisotopic (exact) mass is 256 g/mol. The van der Waals surface area contributed by atoms with E-state index >= 15 is 0 Å². The number of carbonyl (C=O) groups is 1. The van der Waals surface area contributed by atoms with Gasteiger partial charge in [-0.1, -0.05) is 42.1 Å². The fourth-order valence-electron chi connectivity index (χ4n) is 0.571. The van der Waals surface area contributed by atoms with E-state index in [1.165, 1.54) is 31.8 Å². The number of hydrogen-bond acceptors (Lipinski definition) is 1. The van der Waals surface area contributed by atoms with Gasteiger partial charge in [0.05, 0.1) is 0 Å². The van der Waals surface area contributed by atoms with E-state index < -0.39 is 5.97 Å². The molecule has 0 fully saturated rings. The van der Waals surface area contributed by atoms with Gasteiger partial charge in [0, 0.05) is 0 Å². The lowest BCUT2D eigenvalue weighted by atomic mass is 10.2. The molecule has 1 N–H and O–H groups in total. The lowest BCUT2D eigenvalue weighted by Gasteiger charge is -1.90. The molecule has 0 amide bonds. The topological polar surface area (TPSA) is 37.3 Å². The van der Waals surface area contributed by atoms with Crippen molar-refractivity contribution in [2.75, 3.05) is 11.5 Å². The molecule has 2 nitrogen and oxygen atoms in total. The Morgan fingerprint density at radius 1 is 1.42 bits per heavy atom. The van der Waals surface area contributed by atoms with E-state index in [1.54, 1.807) is 0 Å². The van der Waals surface area contributed by atoms with E-state index in [1.807, 2.05) is 0 Å². The maximum Gasteiger partial charge on any atom is 0.314 e. The Balaban J connectivity index is 0. The molecule has 0 radical (unpaired) electrons. The first-order chi connectivity index (χ1) is 5.68. The standard InChI is InChI=1S/C6H15P.C2H3BrO2/c1-2-3-4-5-6-7;3-1-2(4)5/h2-7H2,1H3;1H2,(H,4,5). The van der Waals surface area contributed by atoms with E-state index in [2.05, 4.69) is 32.1 Å². The van der Waals surface area contributed by atoms with Gasteiger partial charge in [-0.15, -0.1) is 9.24 Å². The fraction of sp³-hybridized carbons (Fsp3) is 0.875. The number of halogens is 1. The number of rotatable bonds is 5. The molecule has 12 heavy (non-hydrogen) atoms. The molecule has 1 atom stereocenters. The molecule has 0 heterocycles. The van der Waals surface area contributed by atoms with Crippen molar-refractivity contribution in [1.29, 1.82) is 0 Å². The summed E-state index contributed by atoms with van der Waals surface area (Å²) < 4.78 is 0. The van der Waals surface area contributed by atoms with Crippen molar-refractivity contribution in [2.24, 2.45) is 0 Å². The normalized spacial score (nSPS) is 8.58. The first kappa shape index (κ1) is 14.9. The predicted molar refractivity (Wildman–Crippen MR) is 60.1 cm³/mol. The summed E-state index contributed by atoms with van der Waals surface area (Å²) in [5.74, 6) is -0.829. The van der Waals surface area contributed by atoms with Crippen LogP contribution in [0.25, 0.3) is 0 Å². The highest BCUT2D eigenvalue weighted by Crippen LogP contribution is 2.00. The Kier molecular flexibility index (Phi) is 17.3. The van der Waals surface area contributed by atoms with Gasteiger partial charge in [0.15, 0.2) is 0 Å². The molecule has 0 saturated carbocycles. The van der Waals surface area contributed by atoms with Crippen molar-refractivity contribution >= 4 is 31.1 Å². The third-order valence-electron chi connectivity index (χ3n) is 1.17. The second kappa shape index (κ2) is 13.9.